The van der Waals surface area contributed by atoms with Gasteiger partial charge in [-0.3, -0.25) is 0 Å². The van der Waals surface area contributed by atoms with Gasteiger partial charge in [-0.2, -0.15) is 0 Å². The molecule has 120 valence electrons. The quantitative estimate of drug-likeness (QED) is 0.354. The van der Waals surface area contributed by atoms with E-state index in [0.29, 0.717) is 12.2 Å². The Morgan fingerprint density at radius 3 is 2.52 bits per heavy atom. The van der Waals surface area contributed by atoms with E-state index >= 15 is 0 Å². The standard InChI is InChI=1S/C19H20O4/c20-17-11-9-16(14-18(17)21)10-12-19(22)23-13-5-4-8-15-6-2-1-3-7-15/h1-3,6-7,9-12,14,20-21H,4-5,8,13H2/b12-10+. The molecule has 2 aromatic carbocycles. The Balaban J connectivity index is 1.66. The van der Waals surface area contributed by atoms with Crippen molar-refractivity contribution in [3.8, 4) is 11.5 Å². The van der Waals surface area contributed by atoms with Gasteiger partial charge in [0.05, 0.1) is 6.61 Å². The lowest BCUT2D eigenvalue weighted by atomic mass is 10.1. The summed E-state index contributed by atoms with van der Waals surface area (Å²) in [6, 6.07) is 14.5. The molecule has 4 nitrogen and oxygen atoms in total. The number of carbonyl (C=O) groups is 1. The molecule has 0 aliphatic heterocycles. The van der Waals surface area contributed by atoms with E-state index in [4.69, 9.17) is 4.74 Å². The first-order valence-electron chi connectivity index (χ1n) is 7.56. The van der Waals surface area contributed by atoms with Gasteiger partial charge < -0.3 is 14.9 Å². The van der Waals surface area contributed by atoms with Crippen LogP contribution < -0.4 is 0 Å². The normalized spacial score (nSPS) is 10.8. The van der Waals surface area contributed by atoms with Crippen molar-refractivity contribution >= 4 is 12.0 Å². The summed E-state index contributed by atoms with van der Waals surface area (Å²) < 4.78 is 5.12. The molecule has 0 aliphatic carbocycles. The summed E-state index contributed by atoms with van der Waals surface area (Å²) in [5.41, 5.74) is 1.90. The van der Waals surface area contributed by atoms with Gasteiger partial charge >= 0.3 is 5.97 Å². The summed E-state index contributed by atoms with van der Waals surface area (Å²) in [6.45, 7) is 0.386. The molecule has 2 aromatic rings. The molecule has 0 unspecified atom stereocenters. The first-order chi connectivity index (χ1) is 11.1. The number of aryl methyl sites for hydroxylation is 1. The van der Waals surface area contributed by atoms with E-state index in [1.54, 1.807) is 6.07 Å². The number of rotatable bonds is 7. The Morgan fingerprint density at radius 2 is 1.78 bits per heavy atom. The zero-order valence-electron chi connectivity index (χ0n) is 12.8. The van der Waals surface area contributed by atoms with E-state index in [-0.39, 0.29) is 11.5 Å². The van der Waals surface area contributed by atoms with Crippen LogP contribution in [0, 0.1) is 0 Å². The molecule has 0 atom stereocenters. The molecule has 0 radical (unpaired) electrons. The van der Waals surface area contributed by atoms with Crippen molar-refractivity contribution in [3.05, 3.63) is 65.7 Å². The van der Waals surface area contributed by atoms with Crippen LogP contribution in [0.25, 0.3) is 6.08 Å². The van der Waals surface area contributed by atoms with Crippen LogP contribution in [-0.2, 0) is 16.0 Å². The van der Waals surface area contributed by atoms with Crippen LogP contribution in [0.5, 0.6) is 11.5 Å². The highest BCUT2D eigenvalue weighted by Crippen LogP contribution is 2.25. The van der Waals surface area contributed by atoms with Crippen LogP contribution in [0.4, 0.5) is 0 Å². The van der Waals surface area contributed by atoms with Crippen molar-refractivity contribution in [2.24, 2.45) is 0 Å². The van der Waals surface area contributed by atoms with Crippen molar-refractivity contribution in [1.29, 1.82) is 0 Å². The molecule has 0 amide bonds. The number of ether oxygens (including phenoxy) is 1. The van der Waals surface area contributed by atoms with E-state index < -0.39 is 5.97 Å². The summed E-state index contributed by atoms with van der Waals surface area (Å²) in [5, 5.41) is 18.6. The average molecular weight is 312 g/mol. The Bertz CT molecular complexity index is 662. The first-order valence-corrected chi connectivity index (χ1v) is 7.56. The SMILES string of the molecule is O=C(/C=C/c1ccc(O)c(O)c1)OCCCCc1ccccc1. The van der Waals surface area contributed by atoms with E-state index in [0.717, 1.165) is 19.3 Å². The summed E-state index contributed by atoms with van der Waals surface area (Å²) in [7, 11) is 0. The first kappa shape index (κ1) is 16.6. The average Bonchev–Trinajstić information content (AvgIpc) is 2.56. The Morgan fingerprint density at radius 1 is 1.00 bits per heavy atom. The molecule has 0 aliphatic rings. The van der Waals surface area contributed by atoms with Gasteiger partial charge in [0.15, 0.2) is 11.5 Å². The highest BCUT2D eigenvalue weighted by Gasteiger charge is 2.00. The van der Waals surface area contributed by atoms with Gasteiger partial charge in [-0.15, -0.1) is 0 Å². The Hall–Kier alpha value is -2.75. The van der Waals surface area contributed by atoms with E-state index in [9.17, 15) is 15.0 Å². The second-order valence-electron chi connectivity index (χ2n) is 5.19. The molecule has 0 bridgehead atoms. The maximum absolute atomic E-state index is 11.6. The smallest absolute Gasteiger partial charge is 0.330 e. The fourth-order valence-corrected chi connectivity index (χ4v) is 2.11. The minimum atomic E-state index is -0.419. The van der Waals surface area contributed by atoms with Crippen molar-refractivity contribution < 1.29 is 19.7 Å². The van der Waals surface area contributed by atoms with Gasteiger partial charge in [0.2, 0.25) is 0 Å². The van der Waals surface area contributed by atoms with Crippen molar-refractivity contribution in [2.75, 3.05) is 6.61 Å². The maximum atomic E-state index is 11.6. The molecule has 0 saturated heterocycles. The third kappa shape index (κ3) is 5.87. The molecule has 2 rings (SSSR count). The molecule has 0 heterocycles. The number of benzene rings is 2. The highest BCUT2D eigenvalue weighted by atomic mass is 16.5. The van der Waals surface area contributed by atoms with Crippen LogP contribution >= 0.6 is 0 Å². The van der Waals surface area contributed by atoms with Crippen LogP contribution in [0.15, 0.2) is 54.6 Å². The fourth-order valence-electron chi connectivity index (χ4n) is 2.11. The molecular weight excluding hydrogens is 292 g/mol. The van der Waals surface area contributed by atoms with Gasteiger partial charge in [0, 0.05) is 6.08 Å². The number of esters is 1. The van der Waals surface area contributed by atoms with Gasteiger partial charge in [0.1, 0.15) is 0 Å². The van der Waals surface area contributed by atoms with Crippen molar-refractivity contribution in [1.82, 2.24) is 0 Å². The second kappa shape index (κ2) is 8.63. The zero-order valence-corrected chi connectivity index (χ0v) is 12.8. The van der Waals surface area contributed by atoms with Crippen molar-refractivity contribution in [2.45, 2.75) is 19.3 Å². The van der Waals surface area contributed by atoms with Gasteiger partial charge in [-0.25, -0.2) is 4.79 Å². The third-order valence-electron chi connectivity index (χ3n) is 3.36. The zero-order chi connectivity index (χ0) is 16.5. The number of carbonyl (C=O) groups excluding carboxylic acids is 1. The number of hydrogen-bond acceptors (Lipinski definition) is 4. The van der Waals surface area contributed by atoms with Crippen molar-refractivity contribution in [3.63, 3.8) is 0 Å². The number of hydrogen-bond donors (Lipinski definition) is 2. The summed E-state index contributed by atoms with van der Waals surface area (Å²) >= 11 is 0. The maximum Gasteiger partial charge on any atom is 0.330 e. The highest BCUT2D eigenvalue weighted by molar-refractivity contribution is 5.87. The predicted molar refractivity (Wildman–Crippen MR) is 89.1 cm³/mol. The van der Waals surface area contributed by atoms with E-state index in [2.05, 4.69) is 12.1 Å². The molecule has 0 fully saturated rings. The van der Waals surface area contributed by atoms with E-state index in [1.165, 1.54) is 29.8 Å². The lowest BCUT2D eigenvalue weighted by molar-refractivity contribution is -0.137. The third-order valence-corrected chi connectivity index (χ3v) is 3.36. The topological polar surface area (TPSA) is 66.8 Å². The molecule has 0 spiro atoms. The van der Waals surface area contributed by atoms with Crippen LogP contribution in [0.1, 0.15) is 24.0 Å². The molecule has 2 N–H and O–H groups in total. The van der Waals surface area contributed by atoms with Crippen LogP contribution in [0.3, 0.4) is 0 Å². The van der Waals surface area contributed by atoms with E-state index in [1.807, 2.05) is 18.2 Å². The lowest BCUT2D eigenvalue weighted by Gasteiger charge is -2.03. The molecule has 0 saturated carbocycles. The minimum absolute atomic E-state index is 0.192. The minimum Gasteiger partial charge on any atom is -0.504 e. The second-order valence-corrected chi connectivity index (χ2v) is 5.19. The largest absolute Gasteiger partial charge is 0.504 e. The summed E-state index contributed by atoms with van der Waals surface area (Å²) in [4.78, 5) is 11.6. The Labute approximate surface area is 135 Å². The number of phenolic OH excluding ortho intramolecular Hbond substituents is 2. The fraction of sp³-hybridized carbons (Fsp3) is 0.211. The van der Waals surface area contributed by atoms with Gasteiger partial charge in [-0.05, 0) is 48.6 Å². The predicted octanol–water partition coefficient (Wildman–Crippen LogP) is 3.68. The van der Waals surface area contributed by atoms with Gasteiger partial charge in [-0.1, -0.05) is 36.4 Å². The summed E-state index contributed by atoms with van der Waals surface area (Å²) in [5.74, 6) is -0.832. The number of aromatic hydroxyl groups is 2. The Kier molecular flexibility index (Phi) is 6.24. The molecule has 0 aromatic heterocycles. The lowest BCUT2D eigenvalue weighted by Crippen LogP contribution is -2.02. The molecule has 4 heteroatoms. The van der Waals surface area contributed by atoms with Crippen LogP contribution in [0.2, 0.25) is 0 Å². The molecular formula is C19H20O4. The summed E-state index contributed by atoms with van der Waals surface area (Å²) in [6.07, 6.45) is 5.59. The number of unbranched alkanes of at least 4 members (excludes halogenated alkanes) is 1. The van der Waals surface area contributed by atoms with Gasteiger partial charge in [0.25, 0.3) is 0 Å². The number of phenols is 2. The van der Waals surface area contributed by atoms with Crippen LogP contribution in [-0.4, -0.2) is 22.8 Å². The molecule has 23 heavy (non-hydrogen) atoms. The monoisotopic (exact) mass is 312 g/mol.